The standard InChI is InChI=1S/C28H23ClN4O4S/c1-16-22(15-25(34)30-28-32-31-26(38-28)18-5-4-6-20(13-18)36-2)23-14-21(37-3)11-12-24(23)33(16)27(35)17-7-9-19(29)10-8-17/h4-14H,15H2,1-3H3,(H,30,32,34). The molecule has 0 unspecified atom stereocenters. The van der Waals surface area contributed by atoms with Gasteiger partial charge in [-0.1, -0.05) is 35.1 Å². The van der Waals surface area contributed by atoms with Crippen LogP contribution in [0.25, 0.3) is 21.5 Å². The van der Waals surface area contributed by atoms with Gasteiger partial charge in [-0.05, 0) is 67.1 Å². The number of methoxy groups -OCH3 is 2. The summed E-state index contributed by atoms with van der Waals surface area (Å²) in [4.78, 5) is 26.6. The number of carbonyl (C=O) groups excluding carboxylic acids is 2. The summed E-state index contributed by atoms with van der Waals surface area (Å²) in [5.41, 5.74) is 3.39. The van der Waals surface area contributed by atoms with Crippen LogP contribution < -0.4 is 14.8 Å². The van der Waals surface area contributed by atoms with E-state index in [0.717, 1.165) is 16.5 Å². The second-order valence-corrected chi connectivity index (χ2v) is 9.88. The zero-order valence-corrected chi connectivity index (χ0v) is 22.4. The first-order valence-electron chi connectivity index (χ1n) is 11.6. The number of amides is 1. The Morgan fingerprint density at radius 1 is 0.974 bits per heavy atom. The van der Waals surface area contributed by atoms with Gasteiger partial charge in [-0.3, -0.25) is 14.2 Å². The van der Waals surface area contributed by atoms with E-state index in [9.17, 15) is 9.59 Å². The third-order valence-electron chi connectivity index (χ3n) is 6.16. The van der Waals surface area contributed by atoms with Crippen LogP contribution in [-0.4, -0.2) is 40.8 Å². The average Bonchev–Trinajstić information content (AvgIpc) is 3.50. The minimum atomic E-state index is -0.276. The molecule has 0 fully saturated rings. The van der Waals surface area contributed by atoms with E-state index in [4.69, 9.17) is 21.1 Å². The van der Waals surface area contributed by atoms with Crippen LogP contribution in [-0.2, 0) is 11.2 Å². The Balaban J connectivity index is 1.45. The molecule has 3 aromatic carbocycles. The molecule has 0 aliphatic heterocycles. The number of benzene rings is 3. The SMILES string of the molecule is COc1cccc(-c2nnc(NC(=O)Cc3c(C)n(C(=O)c4ccc(Cl)cc4)c4ccc(OC)cc34)s2)c1. The molecule has 38 heavy (non-hydrogen) atoms. The summed E-state index contributed by atoms with van der Waals surface area (Å²) in [6.07, 6.45) is 0.0322. The molecule has 0 aliphatic rings. The number of rotatable bonds is 7. The van der Waals surface area contributed by atoms with Crippen LogP contribution >= 0.6 is 22.9 Å². The van der Waals surface area contributed by atoms with Gasteiger partial charge in [0.2, 0.25) is 11.0 Å². The third kappa shape index (κ3) is 4.98. The molecule has 5 rings (SSSR count). The summed E-state index contributed by atoms with van der Waals surface area (Å²) in [5, 5.41) is 13.5. The smallest absolute Gasteiger partial charge is 0.262 e. The van der Waals surface area contributed by atoms with Crippen molar-refractivity contribution in [3.05, 3.63) is 88.6 Å². The highest BCUT2D eigenvalue weighted by molar-refractivity contribution is 7.18. The molecular formula is C28H23ClN4O4S. The van der Waals surface area contributed by atoms with Crippen molar-refractivity contribution in [1.29, 1.82) is 0 Å². The first kappa shape index (κ1) is 25.4. The van der Waals surface area contributed by atoms with Gasteiger partial charge in [0.25, 0.3) is 5.91 Å². The van der Waals surface area contributed by atoms with Crippen molar-refractivity contribution in [3.8, 4) is 22.1 Å². The number of aromatic nitrogens is 3. The lowest BCUT2D eigenvalue weighted by Gasteiger charge is -2.08. The first-order chi connectivity index (χ1) is 18.4. The number of nitrogens with one attached hydrogen (secondary N) is 1. The van der Waals surface area contributed by atoms with Gasteiger partial charge in [-0.2, -0.15) is 0 Å². The highest BCUT2D eigenvalue weighted by Crippen LogP contribution is 2.32. The lowest BCUT2D eigenvalue weighted by molar-refractivity contribution is -0.115. The molecule has 2 aromatic heterocycles. The number of fused-ring (bicyclic) bond motifs is 1. The molecule has 0 saturated carbocycles. The van der Waals surface area contributed by atoms with Crippen molar-refractivity contribution in [3.63, 3.8) is 0 Å². The van der Waals surface area contributed by atoms with Gasteiger partial charge in [0.05, 0.1) is 26.2 Å². The van der Waals surface area contributed by atoms with Crippen LogP contribution in [0, 0.1) is 6.92 Å². The molecule has 192 valence electrons. The molecule has 1 N–H and O–H groups in total. The van der Waals surface area contributed by atoms with E-state index < -0.39 is 0 Å². The zero-order chi connectivity index (χ0) is 26.8. The first-order valence-corrected chi connectivity index (χ1v) is 12.8. The third-order valence-corrected chi connectivity index (χ3v) is 7.30. The summed E-state index contributed by atoms with van der Waals surface area (Å²) in [5.74, 6) is 0.844. The van der Waals surface area contributed by atoms with Gasteiger partial charge < -0.3 is 14.8 Å². The van der Waals surface area contributed by atoms with Gasteiger partial charge in [0, 0.05) is 27.2 Å². The average molecular weight is 547 g/mol. The second-order valence-electron chi connectivity index (χ2n) is 8.46. The molecule has 0 saturated heterocycles. The Bertz CT molecular complexity index is 1660. The van der Waals surface area contributed by atoms with Crippen LogP contribution in [0.5, 0.6) is 11.5 Å². The molecule has 0 atom stereocenters. The number of hydrogen-bond donors (Lipinski definition) is 1. The van der Waals surface area contributed by atoms with Crippen LogP contribution in [0.15, 0.2) is 66.7 Å². The Labute approximate surface area is 227 Å². The number of nitrogens with zero attached hydrogens (tertiary/aromatic N) is 3. The second kappa shape index (κ2) is 10.6. The number of hydrogen-bond acceptors (Lipinski definition) is 7. The minimum absolute atomic E-state index is 0.0322. The maximum Gasteiger partial charge on any atom is 0.262 e. The van der Waals surface area contributed by atoms with E-state index in [1.165, 1.54) is 11.3 Å². The normalized spacial score (nSPS) is 10.9. The van der Waals surface area contributed by atoms with Crippen LogP contribution in [0.4, 0.5) is 5.13 Å². The summed E-state index contributed by atoms with van der Waals surface area (Å²) in [6.45, 7) is 1.83. The Hall–Kier alpha value is -4.21. The van der Waals surface area contributed by atoms with Crippen molar-refractivity contribution in [2.24, 2.45) is 0 Å². The van der Waals surface area contributed by atoms with Gasteiger partial charge >= 0.3 is 0 Å². The molecule has 0 bridgehead atoms. The molecule has 8 nitrogen and oxygen atoms in total. The van der Waals surface area contributed by atoms with E-state index in [0.29, 0.717) is 43.4 Å². The van der Waals surface area contributed by atoms with Crippen molar-refractivity contribution >= 4 is 50.8 Å². The Kier molecular flexibility index (Phi) is 7.13. The highest BCUT2D eigenvalue weighted by Gasteiger charge is 2.22. The zero-order valence-electron chi connectivity index (χ0n) is 20.8. The quantitative estimate of drug-likeness (QED) is 0.269. The predicted molar refractivity (Wildman–Crippen MR) is 149 cm³/mol. The number of halogens is 1. The van der Waals surface area contributed by atoms with Crippen LogP contribution in [0.3, 0.4) is 0 Å². The number of carbonyl (C=O) groups is 2. The van der Waals surface area contributed by atoms with Crippen LogP contribution in [0.1, 0.15) is 21.6 Å². The molecule has 0 spiro atoms. The topological polar surface area (TPSA) is 95.3 Å². The fourth-order valence-corrected chi connectivity index (χ4v) is 5.15. The Morgan fingerprint density at radius 3 is 2.45 bits per heavy atom. The molecule has 10 heteroatoms. The summed E-state index contributed by atoms with van der Waals surface area (Å²) >= 11 is 7.28. The number of anilines is 1. The van der Waals surface area contributed by atoms with Crippen molar-refractivity contribution < 1.29 is 19.1 Å². The summed E-state index contributed by atoms with van der Waals surface area (Å²) in [6, 6.07) is 19.6. The monoisotopic (exact) mass is 546 g/mol. The lowest BCUT2D eigenvalue weighted by Crippen LogP contribution is -2.16. The maximum atomic E-state index is 13.5. The van der Waals surface area contributed by atoms with Gasteiger partial charge in [-0.15, -0.1) is 10.2 Å². The predicted octanol–water partition coefficient (Wildman–Crippen LogP) is 6.01. The van der Waals surface area contributed by atoms with E-state index in [1.807, 2.05) is 43.3 Å². The van der Waals surface area contributed by atoms with Gasteiger partial charge in [0.1, 0.15) is 16.5 Å². The van der Waals surface area contributed by atoms with Crippen molar-refractivity contribution in [2.75, 3.05) is 19.5 Å². The van der Waals surface area contributed by atoms with E-state index in [2.05, 4.69) is 15.5 Å². The summed E-state index contributed by atoms with van der Waals surface area (Å²) in [7, 11) is 3.17. The van der Waals surface area contributed by atoms with E-state index in [1.54, 1.807) is 49.1 Å². The van der Waals surface area contributed by atoms with Crippen molar-refractivity contribution in [2.45, 2.75) is 13.3 Å². The highest BCUT2D eigenvalue weighted by atomic mass is 35.5. The fourth-order valence-electron chi connectivity index (χ4n) is 4.27. The molecule has 2 heterocycles. The molecule has 0 aliphatic carbocycles. The van der Waals surface area contributed by atoms with Gasteiger partial charge in [0.15, 0.2) is 0 Å². The maximum absolute atomic E-state index is 13.5. The molecule has 5 aromatic rings. The van der Waals surface area contributed by atoms with E-state index >= 15 is 0 Å². The summed E-state index contributed by atoms with van der Waals surface area (Å²) < 4.78 is 12.3. The lowest BCUT2D eigenvalue weighted by atomic mass is 10.1. The molecule has 1 amide bonds. The number of ether oxygens (including phenoxy) is 2. The van der Waals surface area contributed by atoms with Crippen molar-refractivity contribution in [1.82, 2.24) is 14.8 Å². The largest absolute Gasteiger partial charge is 0.497 e. The molecular weight excluding hydrogens is 524 g/mol. The molecule has 0 radical (unpaired) electrons. The van der Waals surface area contributed by atoms with Crippen LogP contribution in [0.2, 0.25) is 5.02 Å². The minimum Gasteiger partial charge on any atom is -0.497 e. The Morgan fingerprint density at radius 2 is 1.71 bits per heavy atom. The fraction of sp³-hybridized carbons (Fsp3) is 0.143. The van der Waals surface area contributed by atoms with E-state index in [-0.39, 0.29) is 18.2 Å². The van der Waals surface area contributed by atoms with Gasteiger partial charge in [-0.25, -0.2) is 0 Å².